The summed E-state index contributed by atoms with van der Waals surface area (Å²) in [5.41, 5.74) is 4.53. The van der Waals surface area contributed by atoms with Crippen molar-refractivity contribution in [3.63, 3.8) is 0 Å². The zero-order valence-corrected chi connectivity index (χ0v) is 16.2. The largest absolute Gasteiger partial charge is 0.455 e. The van der Waals surface area contributed by atoms with Crippen molar-refractivity contribution in [1.29, 1.82) is 0 Å². The van der Waals surface area contributed by atoms with Crippen molar-refractivity contribution in [1.82, 2.24) is 4.98 Å². The van der Waals surface area contributed by atoms with Crippen molar-refractivity contribution in [3.05, 3.63) is 71.4 Å². The highest BCUT2D eigenvalue weighted by atomic mass is 16.5. The molecule has 0 atom stereocenters. The number of carbonyl (C=O) groups excluding carboxylic acids is 2. The summed E-state index contributed by atoms with van der Waals surface area (Å²) in [6.07, 6.45) is 3.41. The Labute approximate surface area is 164 Å². The Morgan fingerprint density at radius 2 is 1.57 bits per heavy atom. The zero-order chi connectivity index (χ0) is 19.9. The lowest BCUT2D eigenvalue weighted by Gasteiger charge is -2.14. The predicted octanol–water partition coefficient (Wildman–Crippen LogP) is 4.08. The van der Waals surface area contributed by atoms with Gasteiger partial charge in [0.1, 0.15) is 0 Å². The molecular weight excluding hydrogens is 352 g/mol. The van der Waals surface area contributed by atoms with Gasteiger partial charge in [0.2, 0.25) is 0 Å². The number of anilines is 1. The van der Waals surface area contributed by atoms with Crippen LogP contribution in [0.2, 0.25) is 0 Å². The van der Waals surface area contributed by atoms with E-state index in [4.69, 9.17) is 4.74 Å². The summed E-state index contributed by atoms with van der Waals surface area (Å²) in [6, 6.07) is 15.5. The second-order valence-electron chi connectivity index (χ2n) is 6.54. The lowest BCUT2D eigenvalue weighted by Crippen LogP contribution is -2.23. The van der Waals surface area contributed by atoms with Crippen LogP contribution in [0.3, 0.4) is 0 Å². The van der Waals surface area contributed by atoms with Crippen molar-refractivity contribution in [2.75, 3.05) is 11.9 Å². The van der Waals surface area contributed by atoms with Crippen LogP contribution in [-0.2, 0) is 33.6 Å². The molecule has 0 radical (unpaired) electrons. The second kappa shape index (κ2) is 9.13. The molecule has 0 saturated carbocycles. The standard InChI is InChI=1S/C23H24N2O3/c1-3-16-8-5-9-17(4-2)23(16)25-20(26)15-28-21(27)14-19-11-6-10-18-12-7-13-24-22(18)19/h5-13H,3-4,14-15H2,1-2H3,(H,25,26). The van der Waals surface area contributed by atoms with Crippen LogP contribution in [0, 0.1) is 0 Å². The van der Waals surface area contributed by atoms with E-state index in [1.54, 1.807) is 6.20 Å². The van der Waals surface area contributed by atoms with Gasteiger partial charge in [0.05, 0.1) is 11.9 Å². The molecule has 1 N–H and O–H groups in total. The van der Waals surface area contributed by atoms with Crippen LogP contribution in [-0.4, -0.2) is 23.5 Å². The molecule has 0 bridgehead atoms. The number of carbonyl (C=O) groups is 2. The molecule has 0 aliphatic carbocycles. The van der Waals surface area contributed by atoms with Crippen LogP contribution < -0.4 is 5.32 Å². The van der Waals surface area contributed by atoms with Gasteiger partial charge in [0, 0.05) is 17.3 Å². The molecular formula is C23H24N2O3. The van der Waals surface area contributed by atoms with Crippen molar-refractivity contribution in [3.8, 4) is 0 Å². The van der Waals surface area contributed by atoms with Crippen molar-refractivity contribution >= 4 is 28.5 Å². The normalized spacial score (nSPS) is 10.6. The number of pyridine rings is 1. The first-order valence-corrected chi connectivity index (χ1v) is 9.51. The number of nitrogens with zero attached hydrogens (tertiary/aromatic N) is 1. The van der Waals surface area contributed by atoms with Crippen LogP contribution in [0.4, 0.5) is 5.69 Å². The average molecular weight is 376 g/mol. The molecule has 1 amide bonds. The molecule has 3 rings (SSSR count). The van der Waals surface area contributed by atoms with E-state index in [1.807, 2.05) is 62.4 Å². The third kappa shape index (κ3) is 4.55. The number of aromatic nitrogens is 1. The van der Waals surface area contributed by atoms with Crippen molar-refractivity contribution in [2.24, 2.45) is 0 Å². The summed E-state index contributed by atoms with van der Waals surface area (Å²) >= 11 is 0. The van der Waals surface area contributed by atoms with Crippen LogP contribution in [0.1, 0.15) is 30.5 Å². The molecule has 0 aliphatic rings. The Morgan fingerprint density at radius 3 is 2.29 bits per heavy atom. The minimum atomic E-state index is -0.451. The van der Waals surface area contributed by atoms with Gasteiger partial charge in [-0.05, 0) is 35.6 Å². The lowest BCUT2D eigenvalue weighted by molar-refractivity contribution is -0.146. The number of amides is 1. The molecule has 0 saturated heterocycles. The monoisotopic (exact) mass is 376 g/mol. The molecule has 0 fully saturated rings. The predicted molar refractivity (Wildman–Crippen MR) is 110 cm³/mol. The first-order valence-electron chi connectivity index (χ1n) is 9.51. The fourth-order valence-electron chi connectivity index (χ4n) is 3.24. The third-order valence-corrected chi connectivity index (χ3v) is 4.68. The van der Waals surface area contributed by atoms with Gasteiger partial charge in [-0.15, -0.1) is 0 Å². The summed E-state index contributed by atoms with van der Waals surface area (Å²) in [5, 5.41) is 3.87. The number of fused-ring (bicyclic) bond motifs is 1. The highest BCUT2D eigenvalue weighted by Gasteiger charge is 2.14. The molecule has 28 heavy (non-hydrogen) atoms. The molecule has 0 unspecified atom stereocenters. The van der Waals surface area contributed by atoms with Crippen molar-refractivity contribution in [2.45, 2.75) is 33.1 Å². The number of para-hydroxylation sites is 2. The number of benzene rings is 2. The highest BCUT2D eigenvalue weighted by molar-refractivity contribution is 5.94. The maximum atomic E-state index is 12.3. The van der Waals surface area contributed by atoms with Crippen LogP contribution in [0.25, 0.3) is 10.9 Å². The fraction of sp³-hybridized carbons (Fsp3) is 0.261. The summed E-state index contributed by atoms with van der Waals surface area (Å²) in [5.74, 6) is -0.784. The molecule has 5 heteroatoms. The molecule has 1 aromatic heterocycles. The molecule has 0 spiro atoms. The van der Waals surface area contributed by atoms with E-state index in [1.165, 1.54) is 0 Å². The van der Waals surface area contributed by atoms with Gasteiger partial charge in [-0.25, -0.2) is 0 Å². The number of hydrogen-bond acceptors (Lipinski definition) is 4. The fourth-order valence-corrected chi connectivity index (χ4v) is 3.24. The minimum absolute atomic E-state index is 0.0768. The summed E-state index contributed by atoms with van der Waals surface area (Å²) in [7, 11) is 0. The van der Waals surface area contributed by atoms with Crippen LogP contribution >= 0.6 is 0 Å². The van der Waals surface area contributed by atoms with E-state index in [0.717, 1.165) is 46.1 Å². The molecule has 2 aromatic carbocycles. The summed E-state index contributed by atoms with van der Waals surface area (Å²) in [4.78, 5) is 28.9. The Balaban J connectivity index is 1.61. The number of hydrogen-bond donors (Lipinski definition) is 1. The number of rotatable bonds is 7. The second-order valence-corrected chi connectivity index (χ2v) is 6.54. The van der Waals surface area contributed by atoms with Gasteiger partial charge in [-0.3, -0.25) is 14.6 Å². The van der Waals surface area contributed by atoms with Gasteiger partial charge in [-0.1, -0.05) is 56.3 Å². The first-order chi connectivity index (χ1) is 13.6. The quantitative estimate of drug-likeness (QED) is 0.631. The SMILES string of the molecule is CCc1cccc(CC)c1NC(=O)COC(=O)Cc1cccc2cccnc12. The molecule has 5 nitrogen and oxygen atoms in total. The minimum Gasteiger partial charge on any atom is -0.455 e. The Morgan fingerprint density at radius 1 is 0.929 bits per heavy atom. The Hall–Kier alpha value is -3.21. The summed E-state index contributed by atoms with van der Waals surface area (Å²) in [6.45, 7) is 3.78. The molecule has 1 heterocycles. The van der Waals surface area contributed by atoms with Gasteiger partial charge in [-0.2, -0.15) is 0 Å². The number of ether oxygens (including phenoxy) is 1. The number of aryl methyl sites for hydroxylation is 2. The van der Waals surface area contributed by atoms with Gasteiger partial charge in [0.15, 0.2) is 6.61 Å². The maximum Gasteiger partial charge on any atom is 0.310 e. The van der Waals surface area contributed by atoms with Gasteiger partial charge < -0.3 is 10.1 Å². The highest BCUT2D eigenvalue weighted by Crippen LogP contribution is 2.22. The van der Waals surface area contributed by atoms with E-state index in [2.05, 4.69) is 10.3 Å². The Kier molecular flexibility index (Phi) is 6.37. The smallest absolute Gasteiger partial charge is 0.310 e. The molecule has 3 aromatic rings. The van der Waals surface area contributed by atoms with E-state index >= 15 is 0 Å². The van der Waals surface area contributed by atoms with Gasteiger partial charge >= 0.3 is 5.97 Å². The summed E-state index contributed by atoms with van der Waals surface area (Å²) < 4.78 is 5.20. The lowest BCUT2D eigenvalue weighted by atomic mass is 10.0. The average Bonchev–Trinajstić information content (AvgIpc) is 2.72. The molecule has 0 aliphatic heterocycles. The molecule has 144 valence electrons. The Bertz CT molecular complexity index is 971. The van der Waals surface area contributed by atoms with E-state index in [9.17, 15) is 9.59 Å². The van der Waals surface area contributed by atoms with Crippen molar-refractivity contribution < 1.29 is 14.3 Å². The zero-order valence-electron chi connectivity index (χ0n) is 16.2. The van der Waals surface area contributed by atoms with E-state index in [0.29, 0.717) is 0 Å². The van der Waals surface area contributed by atoms with Crippen LogP contribution in [0.5, 0.6) is 0 Å². The third-order valence-electron chi connectivity index (χ3n) is 4.68. The van der Waals surface area contributed by atoms with E-state index < -0.39 is 5.97 Å². The first kappa shape index (κ1) is 19.5. The van der Waals surface area contributed by atoms with E-state index in [-0.39, 0.29) is 18.9 Å². The van der Waals surface area contributed by atoms with Crippen LogP contribution in [0.15, 0.2) is 54.7 Å². The topological polar surface area (TPSA) is 68.3 Å². The maximum absolute atomic E-state index is 12.3. The number of esters is 1. The number of nitrogens with one attached hydrogen (secondary N) is 1. The van der Waals surface area contributed by atoms with Gasteiger partial charge in [0.25, 0.3) is 5.91 Å².